The van der Waals surface area contributed by atoms with Crippen LogP contribution in [0.3, 0.4) is 0 Å². The van der Waals surface area contributed by atoms with E-state index in [1.807, 2.05) is 18.2 Å². The molecule has 0 aromatic heterocycles. The van der Waals surface area contributed by atoms with Crippen LogP contribution in [0.15, 0.2) is 34.8 Å². The van der Waals surface area contributed by atoms with Gasteiger partial charge in [-0.1, -0.05) is 22.0 Å². The fourth-order valence-corrected chi connectivity index (χ4v) is 3.91. The number of hydrogen-bond donors (Lipinski definition) is 0. The Bertz CT molecular complexity index is 845. The summed E-state index contributed by atoms with van der Waals surface area (Å²) in [6.45, 7) is 0.227. The van der Waals surface area contributed by atoms with Crippen molar-refractivity contribution in [3.63, 3.8) is 0 Å². The first-order valence-corrected chi connectivity index (χ1v) is 7.66. The Labute approximate surface area is 134 Å². The molecule has 1 spiro atoms. The van der Waals surface area contributed by atoms with Crippen LogP contribution >= 0.6 is 15.9 Å². The quantitative estimate of drug-likeness (QED) is 0.694. The van der Waals surface area contributed by atoms with Crippen LogP contribution in [0.5, 0.6) is 5.75 Å². The van der Waals surface area contributed by atoms with Crippen molar-refractivity contribution in [1.82, 2.24) is 0 Å². The van der Waals surface area contributed by atoms with E-state index >= 15 is 0 Å². The van der Waals surface area contributed by atoms with Gasteiger partial charge in [0.25, 0.3) is 0 Å². The maximum Gasteiger partial charge on any atom is 0.133 e. The van der Waals surface area contributed by atoms with Gasteiger partial charge in [0.05, 0.1) is 12.0 Å². The predicted octanol–water partition coefficient (Wildman–Crippen LogP) is 4.45. The van der Waals surface area contributed by atoms with Gasteiger partial charge in [0, 0.05) is 27.6 Å². The fourth-order valence-electron chi connectivity index (χ4n) is 3.50. The molecule has 2 aromatic rings. The van der Waals surface area contributed by atoms with Gasteiger partial charge in [0.2, 0.25) is 0 Å². The van der Waals surface area contributed by atoms with Crippen molar-refractivity contribution < 1.29 is 13.5 Å². The van der Waals surface area contributed by atoms with Gasteiger partial charge in [-0.25, -0.2) is 8.78 Å². The van der Waals surface area contributed by atoms with Crippen LogP contribution in [-0.4, -0.2) is 0 Å². The Balaban J connectivity index is 2.03. The summed E-state index contributed by atoms with van der Waals surface area (Å²) in [5.41, 5.74) is 1.37. The van der Waals surface area contributed by atoms with Crippen LogP contribution in [0, 0.1) is 28.9 Å². The maximum absolute atomic E-state index is 14.5. The van der Waals surface area contributed by atoms with Gasteiger partial charge in [-0.05, 0) is 29.7 Å². The van der Waals surface area contributed by atoms with Crippen molar-refractivity contribution in [2.75, 3.05) is 0 Å². The average Bonchev–Trinajstić information content (AvgIpc) is 3.21. The summed E-state index contributed by atoms with van der Waals surface area (Å²) in [6, 6.07) is 9.98. The molecule has 1 fully saturated rings. The molecule has 0 bridgehead atoms. The topological polar surface area (TPSA) is 33.0 Å². The molecule has 4 rings (SSSR count). The molecule has 5 heteroatoms. The third kappa shape index (κ3) is 1.74. The van der Waals surface area contributed by atoms with Crippen molar-refractivity contribution in [3.05, 3.63) is 63.1 Å². The molecule has 22 heavy (non-hydrogen) atoms. The minimum atomic E-state index is -0.728. The first-order chi connectivity index (χ1) is 10.6. The highest BCUT2D eigenvalue weighted by Gasteiger charge is 2.61. The summed E-state index contributed by atoms with van der Waals surface area (Å²) >= 11 is 3.41. The molecular formula is C17H10BrF2NO. The third-order valence-electron chi connectivity index (χ3n) is 4.51. The average molecular weight is 362 g/mol. The summed E-state index contributed by atoms with van der Waals surface area (Å²) in [4.78, 5) is 0. The van der Waals surface area contributed by atoms with Crippen molar-refractivity contribution in [2.24, 2.45) is 5.92 Å². The number of hydrogen-bond acceptors (Lipinski definition) is 2. The second kappa shape index (κ2) is 4.53. The molecule has 1 saturated carbocycles. The zero-order valence-corrected chi connectivity index (χ0v) is 13.0. The van der Waals surface area contributed by atoms with Gasteiger partial charge >= 0.3 is 0 Å². The summed E-state index contributed by atoms with van der Waals surface area (Å²) in [5.74, 6) is -1.45. The van der Waals surface area contributed by atoms with Crippen LogP contribution in [-0.2, 0) is 12.0 Å². The zero-order valence-electron chi connectivity index (χ0n) is 11.4. The van der Waals surface area contributed by atoms with Gasteiger partial charge < -0.3 is 4.74 Å². The van der Waals surface area contributed by atoms with Crippen molar-refractivity contribution in [3.8, 4) is 11.8 Å². The monoisotopic (exact) mass is 361 g/mol. The van der Waals surface area contributed by atoms with Gasteiger partial charge in [0.15, 0.2) is 0 Å². The SMILES string of the molecule is N#CC1CC12c1ccc(Br)cc1COc1cc(F)cc(F)c12. The van der Waals surface area contributed by atoms with Crippen LogP contribution in [0.25, 0.3) is 0 Å². The molecule has 2 atom stereocenters. The van der Waals surface area contributed by atoms with E-state index in [9.17, 15) is 14.0 Å². The van der Waals surface area contributed by atoms with Gasteiger partial charge in [-0.2, -0.15) is 5.26 Å². The number of nitrogens with zero attached hydrogens (tertiary/aromatic N) is 1. The smallest absolute Gasteiger partial charge is 0.133 e. The Hall–Kier alpha value is -1.93. The van der Waals surface area contributed by atoms with E-state index in [2.05, 4.69) is 22.0 Å². The molecule has 0 radical (unpaired) electrons. The Morgan fingerprint density at radius 1 is 1.27 bits per heavy atom. The first kappa shape index (κ1) is 13.7. The molecule has 1 aliphatic carbocycles. The lowest BCUT2D eigenvalue weighted by atomic mass is 9.83. The van der Waals surface area contributed by atoms with Crippen molar-refractivity contribution >= 4 is 15.9 Å². The molecule has 1 heterocycles. The minimum absolute atomic E-state index is 0.197. The van der Waals surface area contributed by atoms with Crippen LogP contribution in [0.2, 0.25) is 0 Å². The summed E-state index contributed by atoms with van der Waals surface area (Å²) in [6.07, 6.45) is 0.525. The summed E-state index contributed by atoms with van der Waals surface area (Å²) in [7, 11) is 0. The normalized spacial score (nSPS) is 24.7. The summed E-state index contributed by atoms with van der Waals surface area (Å²) < 4.78 is 34.6. The number of nitriles is 1. The molecule has 110 valence electrons. The number of halogens is 3. The molecule has 0 N–H and O–H groups in total. The van der Waals surface area contributed by atoms with E-state index in [1.54, 1.807) is 0 Å². The van der Waals surface area contributed by atoms with Gasteiger partial charge in [0.1, 0.15) is 24.0 Å². The second-order valence-electron chi connectivity index (χ2n) is 5.71. The lowest BCUT2D eigenvalue weighted by molar-refractivity contribution is 0.302. The van der Waals surface area contributed by atoms with E-state index in [-0.39, 0.29) is 18.3 Å². The first-order valence-electron chi connectivity index (χ1n) is 6.87. The Morgan fingerprint density at radius 3 is 2.82 bits per heavy atom. The Morgan fingerprint density at radius 2 is 2.09 bits per heavy atom. The lowest BCUT2D eigenvalue weighted by Gasteiger charge is -2.19. The van der Waals surface area contributed by atoms with Crippen LogP contribution in [0.1, 0.15) is 23.1 Å². The second-order valence-corrected chi connectivity index (χ2v) is 6.62. The maximum atomic E-state index is 14.5. The third-order valence-corrected chi connectivity index (χ3v) is 5.01. The lowest BCUT2D eigenvalue weighted by Crippen LogP contribution is -2.15. The van der Waals surface area contributed by atoms with E-state index in [0.717, 1.165) is 21.7 Å². The van der Waals surface area contributed by atoms with Crippen LogP contribution < -0.4 is 4.74 Å². The number of fused-ring (bicyclic) bond motifs is 4. The molecule has 2 aliphatic rings. The predicted molar refractivity (Wildman–Crippen MR) is 79.3 cm³/mol. The van der Waals surface area contributed by atoms with Crippen molar-refractivity contribution in [1.29, 1.82) is 5.26 Å². The molecule has 0 saturated heterocycles. The zero-order chi connectivity index (χ0) is 15.5. The highest BCUT2D eigenvalue weighted by molar-refractivity contribution is 9.10. The summed E-state index contributed by atoms with van der Waals surface area (Å²) in [5, 5.41) is 9.37. The largest absolute Gasteiger partial charge is 0.488 e. The fraction of sp³-hybridized carbons (Fsp3) is 0.235. The molecule has 2 aromatic carbocycles. The van der Waals surface area contributed by atoms with E-state index in [4.69, 9.17) is 4.74 Å². The molecular weight excluding hydrogens is 352 g/mol. The standard InChI is InChI=1S/C17H10BrF2NO/c18-11-1-2-13-9(3-11)8-22-15-5-12(19)4-14(20)16(15)17(13)6-10(17)7-21/h1-5,10H,6,8H2. The Kier molecular flexibility index (Phi) is 2.82. The van der Waals surface area contributed by atoms with E-state index in [1.165, 1.54) is 6.07 Å². The molecule has 0 amide bonds. The van der Waals surface area contributed by atoms with Gasteiger partial charge in [-0.15, -0.1) is 0 Å². The van der Waals surface area contributed by atoms with E-state index in [0.29, 0.717) is 12.0 Å². The highest BCUT2D eigenvalue weighted by Crippen LogP contribution is 2.63. The van der Waals surface area contributed by atoms with Crippen LogP contribution in [0.4, 0.5) is 8.78 Å². The number of rotatable bonds is 0. The van der Waals surface area contributed by atoms with E-state index < -0.39 is 17.0 Å². The minimum Gasteiger partial charge on any atom is -0.488 e. The van der Waals surface area contributed by atoms with Gasteiger partial charge in [-0.3, -0.25) is 0 Å². The molecule has 2 nitrogen and oxygen atoms in total. The highest BCUT2D eigenvalue weighted by atomic mass is 79.9. The number of benzene rings is 2. The molecule has 1 aliphatic heterocycles. The molecule has 2 unspecified atom stereocenters. The number of ether oxygens (including phenoxy) is 1. The van der Waals surface area contributed by atoms with Crippen molar-refractivity contribution in [2.45, 2.75) is 18.4 Å².